The summed E-state index contributed by atoms with van der Waals surface area (Å²) in [7, 11) is 0. The lowest BCUT2D eigenvalue weighted by Gasteiger charge is -2.27. The molecule has 0 aliphatic heterocycles. The van der Waals surface area contributed by atoms with E-state index in [4.69, 9.17) is 5.73 Å². The summed E-state index contributed by atoms with van der Waals surface area (Å²) in [6, 6.07) is 7.86. The fourth-order valence-corrected chi connectivity index (χ4v) is 3.17. The Labute approximate surface area is 124 Å². The number of aromatic nitrogens is 1. The largest absolute Gasteiger partial charge is 0.399 e. The van der Waals surface area contributed by atoms with Crippen LogP contribution in [0.25, 0.3) is 10.9 Å². The molecule has 21 heavy (non-hydrogen) atoms. The first-order valence-corrected chi connectivity index (χ1v) is 7.49. The van der Waals surface area contributed by atoms with E-state index in [2.05, 4.69) is 11.6 Å². The van der Waals surface area contributed by atoms with Crippen LogP contribution in [-0.4, -0.2) is 28.4 Å². The molecule has 1 aliphatic carbocycles. The molecule has 0 spiro atoms. The van der Waals surface area contributed by atoms with Crippen molar-refractivity contribution in [3.05, 3.63) is 42.6 Å². The highest BCUT2D eigenvalue weighted by atomic mass is 16.2. The van der Waals surface area contributed by atoms with E-state index in [0.29, 0.717) is 24.0 Å². The molecule has 2 aromatic rings. The third kappa shape index (κ3) is 2.66. The van der Waals surface area contributed by atoms with Crippen molar-refractivity contribution in [3.63, 3.8) is 0 Å². The van der Waals surface area contributed by atoms with Gasteiger partial charge in [0.15, 0.2) is 0 Å². The highest BCUT2D eigenvalue weighted by molar-refractivity contribution is 5.98. The highest BCUT2D eigenvalue weighted by Crippen LogP contribution is 2.26. The number of benzene rings is 1. The van der Waals surface area contributed by atoms with Gasteiger partial charge in [-0.3, -0.25) is 4.79 Å². The number of amides is 1. The number of nitrogens with two attached hydrogens (primary N) is 1. The average Bonchev–Trinajstić information content (AvgIpc) is 3.12. The predicted molar refractivity (Wildman–Crippen MR) is 86.2 cm³/mol. The normalized spacial score (nSPS) is 15.4. The zero-order chi connectivity index (χ0) is 14.8. The van der Waals surface area contributed by atoms with Crippen LogP contribution in [0.3, 0.4) is 0 Å². The van der Waals surface area contributed by atoms with Gasteiger partial charge < -0.3 is 15.6 Å². The first kappa shape index (κ1) is 13.7. The highest BCUT2D eigenvalue weighted by Gasteiger charge is 2.27. The Bertz CT molecular complexity index is 668. The molecule has 1 aliphatic rings. The molecule has 1 aromatic heterocycles. The number of rotatable bonds is 4. The summed E-state index contributed by atoms with van der Waals surface area (Å²) < 4.78 is 0. The summed E-state index contributed by atoms with van der Waals surface area (Å²) in [5, 5.41) is 0.975. The number of anilines is 1. The van der Waals surface area contributed by atoms with Gasteiger partial charge in [-0.1, -0.05) is 18.9 Å². The van der Waals surface area contributed by atoms with Crippen LogP contribution < -0.4 is 5.73 Å². The first-order chi connectivity index (χ1) is 10.2. The maximum Gasteiger partial charge on any atom is 0.270 e. The molecule has 0 radical (unpaired) electrons. The number of hydrogen-bond donors (Lipinski definition) is 2. The van der Waals surface area contributed by atoms with E-state index in [1.165, 1.54) is 12.8 Å². The van der Waals surface area contributed by atoms with Gasteiger partial charge in [-0.2, -0.15) is 0 Å². The molecular formula is C17H21N3O. The summed E-state index contributed by atoms with van der Waals surface area (Å²) in [5.74, 6) is 0.0524. The summed E-state index contributed by atoms with van der Waals surface area (Å²) in [4.78, 5) is 17.9. The monoisotopic (exact) mass is 283 g/mol. The topological polar surface area (TPSA) is 62.1 Å². The molecule has 3 rings (SSSR count). The Morgan fingerprint density at radius 3 is 2.86 bits per heavy atom. The standard InChI is InChI=1S/C17H21N3O/c1-2-9-20(14-5-3-4-6-14)17(21)16-11-12-10-13(18)7-8-15(12)19-16/h2,7-8,10-11,14,19H,1,3-6,9,18H2. The fraction of sp³-hybridized carbons (Fsp3) is 0.353. The van der Waals surface area contributed by atoms with E-state index < -0.39 is 0 Å². The summed E-state index contributed by atoms with van der Waals surface area (Å²) in [6.07, 6.45) is 6.39. The number of carbonyl (C=O) groups excluding carboxylic acids is 1. The van der Waals surface area contributed by atoms with Crippen molar-refractivity contribution in [2.75, 3.05) is 12.3 Å². The maximum absolute atomic E-state index is 12.8. The SMILES string of the molecule is C=CCN(C(=O)c1cc2cc(N)ccc2[nH]1)C1CCCC1. The van der Waals surface area contributed by atoms with Crippen LogP contribution in [0.1, 0.15) is 36.2 Å². The van der Waals surface area contributed by atoms with E-state index in [-0.39, 0.29) is 5.91 Å². The molecule has 4 nitrogen and oxygen atoms in total. The Morgan fingerprint density at radius 1 is 1.38 bits per heavy atom. The number of H-pyrrole nitrogens is 1. The third-order valence-corrected chi connectivity index (χ3v) is 4.23. The molecule has 3 N–H and O–H groups in total. The lowest BCUT2D eigenvalue weighted by molar-refractivity contribution is 0.0701. The zero-order valence-electron chi connectivity index (χ0n) is 12.1. The second kappa shape index (κ2) is 5.64. The lowest BCUT2D eigenvalue weighted by Crippen LogP contribution is -2.39. The lowest BCUT2D eigenvalue weighted by atomic mass is 10.2. The molecule has 0 atom stereocenters. The van der Waals surface area contributed by atoms with Crippen LogP contribution in [-0.2, 0) is 0 Å². The van der Waals surface area contributed by atoms with Crippen molar-refractivity contribution in [2.24, 2.45) is 0 Å². The van der Waals surface area contributed by atoms with Crippen molar-refractivity contribution in [2.45, 2.75) is 31.7 Å². The van der Waals surface area contributed by atoms with E-state index in [0.717, 1.165) is 23.7 Å². The van der Waals surface area contributed by atoms with Gasteiger partial charge in [-0.15, -0.1) is 6.58 Å². The molecule has 4 heteroatoms. The molecule has 1 amide bonds. The van der Waals surface area contributed by atoms with E-state index in [1.54, 1.807) is 6.08 Å². The number of aromatic amines is 1. The number of nitrogens with one attached hydrogen (secondary N) is 1. The molecule has 110 valence electrons. The van der Waals surface area contributed by atoms with Gasteiger partial charge in [0.05, 0.1) is 0 Å². The van der Waals surface area contributed by atoms with Crippen molar-refractivity contribution in [1.29, 1.82) is 0 Å². The van der Waals surface area contributed by atoms with Gasteiger partial charge >= 0.3 is 0 Å². The second-order valence-corrected chi connectivity index (χ2v) is 5.71. The molecule has 0 saturated heterocycles. The zero-order valence-corrected chi connectivity index (χ0v) is 12.1. The Balaban J connectivity index is 1.91. The molecule has 1 fully saturated rings. The van der Waals surface area contributed by atoms with Gasteiger partial charge in [0.25, 0.3) is 5.91 Å². The van der Waals surface area contributed by atoms with Crippen molar-refractivity contribution in [1.82, 2.24) is 9.88 Å². The Kier molecular flexibility index (Phi) is 3.69. The van der Waals surface area contributed by atoms with Crippen LogP contribution >= 0.6 is 0 Å². The predicted octanol–water partition coefficient (Wildman–Crippen LogP) is 3.32. The minimum atomic E-state index is 0.0524. The molecule has 1 saturated carbocycles. The van der Waals surface area contributed by atoms with Gasteiger partial charge in [0, 0.05) is 29.2 Å². The number of carbonyl (C=O) groups is 1. The minimum absolute atomic E-state index is 0.0524. The van der Waals surface area contributed by atoms with Crippen LogP contribution in [0.5, 0.6) is 0 Å². The molecular weight excluding hydrogens is 262 g/mol. The quantitative estimate of drug-likeness (QED) is 0.668. The van der Waals surface area contributed by atoms with Crippen LogP contribution in [0.2, 0.25) is 0 Å². The first-order valence-electron chi connectivity index (χ1n) is 7.49. The summed E-state index contributed by atoms with van der Waals surface area (Å²) >= 11 is 0. The van der Waals surface area contributed by atoms with Crippen LogP contribution in [0, 0.1) is 0 Å². The van der Waals surface area contributed by atoms with Crippen LogP contribution in [0.15, 0.2) is 36.9 Å². The Morgan fingerprint density at radius 2 is 2.14 bits per heavy atom. The molecule has 0 unspecified atom stereocenters. The second-order valence-electron chi connectivity index (χ2n) is 5.71. The third-order valence-electron chi connectivity index (χ3n) is 4.23. The molecule has 1 aromatic carbocycles. The van der Waals surface area contributed by atoms with E-state index in [1.807, 2.05) is 29.2 Å². The van der Waals surface area contributed by atoms with E-state index >= 15 is 0 Å². The van der Waals surface area contributed by atoms with Crippen molar-refractivity contribution >= 4 is 22.5 Å². The van der Waals surface area contributed by atoms with Gasteiger partial charge in [-0.05, 0) is 37.1 Å². The Hall–Kier alpha value is -2.23. The molecule has 1 heterocycles. The van der Waals surface area contributed by atoms with Crippen molar-refractivity contribution < 1.29 is 4.79 Å². The molecule has 0 bridgehead atoms. The number of nitrogens with zero attached hydrogens (tertiary/aromatic N) is 1. The van der Waals surface area contributed by atoms with Crippen molar-refractivity contribution in [3.8, 4) is 0 Å². The van der Waals surface area contributed by atoms with E-state index in [9.17, 15) is 4.79 Å². The van der Waals surface area contributed by atoms with Crippen LogP contribution in [0.4, 0.5) is 5.69 Å². The number of hydrogen-bond acceptors (Lipinski definition) is 2. The maximum atomic E-state index is 12.8. The van der Waals surface area contributed by atoms with Gasteiger partial charge in [0.1, 0.15) is 5.69 Å². The van der Waals surface area contributed by atoms with Gasteiger partial charge in [0.2, 0.25) is 0 Å². The summed E-state index contributed by atoms with van der Waals surface area (Å²) in [5.41, 5.74) is 8.07. The average molecular weight is 283 g/mol. The minimum Gasteiger partial charge on any atom is -0.399 e. The fourth-order valence-electron chi connectivity index (χ4n) is 3.17. The number of nitrogen functional groups attached to an aromatic ring is 1. The number of fused-ring (bicyclic) bond motifs is 1. The summed E-state index contributed by atoms with van der Waals surface area (Å²) in [6.45, 7) is 4.38. The van der Waals surface area contributed by atoms with Gasteiger partial charge in [-0.25, -0.2) is 0 Å². The smallest absolute Gasteiger partial charge is 0.270 e.